The molecule has 0 bridgehead atoms. The molecule has 138 valence electrons. The fourth-order valence-electron chi connectivity index (χ4n) is 3.04. The predicted octanol–water partition coefficient (Wildman–Crippen LogP) is 3.84. The van der Waals surface area contributed by atoms with Crippen molar-refractivity contribution in [3.05, 3.63) is 54.4 Å². The number of nitrogens with zero attached hydrogens (tertiary/aromatic N) is 1. The first-order valence-electron chi connectivity index (χ1n) is 8.23. The molecule has 0 amide bonds. The van der Waals surface area contributed by atoms with E-state index >= 15 is 0 Å². The number of carbonyl (C=O) groups is 1. The number of aromatic nitrogens is 1. The third-order valence-electron chi connectivity index (χ3n) is 4.32. The molecule has 6 nitrogen and oxygen atoms in total. The smallest absolute Gasteiger partial charge is 0.203 e. The lowest BCUT2D eigenvalue weighted by Crippen LogP contribution is -2.02. The maximum Gasteiger partial charge on any atom is 0.203 e. The van der Waals surface area contributed by atoms with E-state index in [0.717, 1.165) is 17.4 Å². The third-order valence-corrected chi connectivity index (χ3v) is 4.32. The van der Waals surface area contributed by atoms with Gasteiger partial charge in [0, 0.05) is 34.8 Å². The molecule has 0 unspecified atom stereocenters. The van der Waals surface area contributed by atoms with E-state index < -0.39 is 0 Å². The number of nitrogen functional groups attached to an aromatic ring is 1. The lowest BCUT2D eigenvalue weighted by Gasteiger charge is -2.19. The zero-order chi connectivity index (χ0) is 19.4. The molecule has 3 aromatic rings. The number of anilines is 1. The van der Waals surface area contributed by atoms with Crippen molar-refractivity contribution in [2.45, 2.75) is 0 Å². The summed E-state index contributed by atoms with van der Waals surface area (Å²) in [5.74, 6) is 1.19. The highest BCUT2D eigenvalue weighted by Crippen LogP contribution is 2.48. The Morgan fingerprint density at radius 2 is 1.59 bits per heavy atom. The maximum absolute atomic E-state index is 11.8. The summed E-state index contributed by atoms with van der Waals surface area (Å²) in [5.41, 5.74) is 10.3. The van der Waals surface area contributed by atoms with Crippen LogP contribution < -0.4 is 19.9 Å². The monoisotopic (exact) mass is 364 g/mol. The van der Waals surface area contributed by atoms with Crippen LogP contribution in [0.3, 0.4) is 0 Å². The van der Waals surface area contributed by atoms with Gasteiger partial charge in [0.1, 0.15) is 0 Å². The van der Waals surface area contributed by atoms with Crippen molar-refractivity contribution in [3.63, 3.8) is 0 Å². The van der Waals surface area contributed by atoms with E-state index in [1.165, 1.54) is 21.3 Å². The molecule has 0 saturated heterocycles. The van der Waals surface area contributed by atoms with Gasteiger partial charge in [-0.05, 0) is 41.5 Å². The Bertz CT molecular complexity index is 972. The van der Waals surface area contributed by atoms with E-state index in [0.29, 0.717) is 39.6 Å². The summed E-state index contributed by atoms with van der Waals surface area (Å²) in [6, 6.07) is 11.1. The SMILES string of the molecule is COc1cc(C=O)c(-c2cc(-c3ccncc3)ccc2N)c(OC)c1OC. The van der Waals surface area contributed by atoms with Crippen LogP contribution in [-0.4, -0.2) is 32.6 Å². The molecule has 0 atom stereocenters. The summed E-state index contributed by atoms with van der Waals surface area (Å²) in [5, 5.41) is 0. The van der Waals surface area contributed by atoms with Crippen molar-refractivity contribution < 1.29 is 19.0 Å². The van der Waals surface area contributed by atoms with Crippen LogP contribution in [0.1, 0.15) is 10.4 Å². The van der Waals surface area contributed by atoms with Gasteiger partial charge in [0.15, 0.2) is 17.8 Å². The lowest BCUT2D eigenvalue weighted by atomic mass is 9.93. The van der Waals surface area contributed by atoms with Gasteiger partial charge in [-0.1, -0.05) is 6.07 Å². The van der Waals surface area contributed by atoms with E-state index in [1.807, 2.05) is 24.3 Å². The van der Waals surface area contributed by atoms with Crippen molar-refractivity contribution in [2.75, 3.05) is 27.1 Å². The number of hydrogen-bond acceptors (Lipinski definition) is 6. The van der Waals surface area contributed by atoms with Gasteiger partial charge in [-0.15, -0.1) is 0 Å². The molecule has 6 heteroatoms. The van der Waals surface area contributed by atoms with Crippen LogP contribution in [0.5, 0.6) is 17.2 Å². The van der Waals surface area contributed by atoms with Crippen molar-refractivity contribution in [1.82, 2.24) is 4.98 Å². The molecule has 0 aliphatic heterocycles. The number of ether oxygens (including phenoxy) is 3. The highest BCUT2D eigenvalue weighted by Gasteiger charge is 2.23. The van der Waals surface area contributed by atoms with Gasteiger partial charge in [0.05, 0.1) is 21.3 Å². The highest BCUT2D eigenvalue weighted by molar-refractivity contribution is 5.97. The first-order valence-corrected chi connectivity index (χ1v) is 8.23. The molecule has 1 heterocycles. The van der Waals surface area contributed by atoms with Crippen LogP contribution >= 0.6 is 0 Å². The van der Waals surface area contributed by atoms with Crippen molar-refractivity contribution in [2.24, 2.45) is 0 Å². The van der Waals surface area contributed by atoms with E-state index in [-0.39, 0.29) is 0 Å². The van der Waals surface area contributed by atoms with Crippen LogP contribution in [0.15, 0.2) is 48.8 Å². The minimum absolute atomic E-state index is 0.387. The van der Waals surface area contributed by atoms with E-state index in [1.54, 1.807) is 24.5 Å². The topological polar surface area (TPSA) is 83.7 Å². The molecule has 0 fully saturated rings. The number of nitrogens with two attached hydrogens (primary N) is 1. The second kappa shape index (κ2) is 7.78. The molecule has 3 rings (SSSR count). The standard InChI is InChI=1S/C21H20N2O4/c1-25-18-11-15(12-24)19(21(27-3)20(18)26-2)16-10-14(4-5-17(16)22)13-6-8-23-9-7-13/h4-12H,22H2,1-3H3. The number of methoxy groups -OCH3 is 3. The minimum Gasteiger partial charge on any atom is -0.493 e. The quantitative estimate of drug-likeness (QED) is 0.528. The molecule has 0 radical (unpaired) electrons. The fourth-order valence-corrected chi connectivity index (χ4v) is 3.04. The summed E-state index contributed by atoms with van der Waals surface area (Å²) < 4.78 is 16.4. The Morgan fingerprint density at radius 3 is 2.19 bits per heavy atom. The van der Waals surface area contributed by atoms with Gasteiger partial charge in [0.2, 0.25) is 5.75 Å². The summed E-state index contributed by atoms with van der Waals surface area (Å²) in [6.45, 7) is 0. The molecular formula is C21H20N2O4. The van der Waals surface area contributed by atoms with Crippen molar-refractivity contribution in [1.29, 1.82) is 0 Å². The Labute approximate surface area is 157 Å². The summed E-state index contributed by atoms with van der Waals surface area (Å²) in [7, 11) is 4.53. The number of rotatable bonds is 6. The number of benzene rings is 2. The summed E-state index contributed by atoms with van der Waals surface area (Å²) in [6.07, 6.45) is 4.19. The number of pyridine rings is 1. The molecular weight excluding hydrogens is 344 g/mol. The second-order valence-corrected chi connectivity index (χ2v) is 5.77. The molecule has 27 heavy (non-hydrogen) atoms. The first kappa shape index (κ1) is 18.3. The van der Waals surface area contributed by atoms with Gasteiger partial charge in [-0.2, -0.15) is 0 Å². The molecule has 0 aliphatic rings. The van der Waals surface area contributed by atoms with Gasteiger partial charge in [0.25, 0.3) is 0 Å². The van der Waals surface area contributed by atoms with E-state index in [2.05, 4.69) is 4.98 Å². The number of carbonyl (C=O) groups excluding carboxylic acids is 1. The van der Waals surface area contributed by atoms with Crippen LogP contribution in [0.2, 0.25) is 0 Å². The minimum atomic E-state index is 0.387. The second-order valence-electron chi connectivity index (χ2n) is 5.77. The van der Waals surface area contributed by atoms with Crippen LogP contribution in [0.25, 0.3) is 22.3 Å². The predicted molar refractivity (Wildman–Crippen MR) is 105 cm³/mol. The number of hydrogen-bond donors (Lipinski definition) is 1. The average Bonchev–Trinajstić information content (AvgIpc) is 2.73. The van der Waals surface area contributed by atoms with Gasteiger partial charge < -0.3 is 19.9 Å². The number of aldehydes is 1. The van der Waals surface area contributed by atoms with Crippen molar-refractivity contribution >= 4 is 12.0 Å². The van der Waals surface area contributed by atoms with Crippen LogP contribution in [0, 0.1) is 0 Å². The summed E-state index contributed by atoms with van der Waals surface area (Å²) >= 11 is 0. The maximum atomic E-state index is 11.8. The largest absolute Gasteiger partial charge is 0.493 e. The molecule has 2 aromatic carbocycles. The zero-order valence-corrected chi connectivity index (χ0v) is 15.4. The summed E-state index contributed by atoms with van der Waals surface area (Å²) in [4.78, 5) is 15.8. The van der Waals surface area contributed by atoms with Gasteiger partial charge >= 0.3 is 0 Å². The molecule has 1 aromatic heterocycles. The third kappa shape index (κ3) is 3.29. The Hall–Kier alpha value is -3.54. The van der Waals surface area contributed by atoms with E-state index in [4.69, 9.17) is 19.9 Å². The molecule has 0 aliphatic carbocycles. The van der Waals surface area contributed by atoms with Crippen LogP contribution in [0.4, 0.5) is 5.69 Å². The zero-order valence-electron chi connectivity index (χ0n) is 15.4. The first-order chi connectivity index (χ1) is 13.1. The normalized spacial score (nSPS) is 10.3. The Kier molecular flexibility index (Phi) is 5.26. The highest BCUT2D eigenvalue weighted by atomic mass is 16.5. The Morgan fingerprint density at radius 1 is 0.889 bits per heavy atom. The fraction of sp³-hybridized carbons (Fsp3) is 0.143. The molecule has 2 N–H and O–H groups in total. The van der Waals surface area contributed by atoms with Gasteiger partial charge in [-0.3, -0.25) is 9.78 Å². The molecule has 0 saturated carbocycles. The van der Waals surface area contributed by atoms with Crippen LogP contribution in [-0.2, 0) is 0 Å². The van der Waals surface area contributed by atoms with Crippen molar-refractivity contribution in [3.8, 4) is 39.5 Å². The van der Waals surface area contributed by atoms with Gasteiger partial charge in [-0.25, -0.2) is 0 Å². The lowest BCUT2D eigenvalue weighted by molar-refractivity contribution is 0.112. The average molecular weight is 364 g/mol. The molecule has 0 spiro atoms. The van der Waals surface area contributed by atoms with E-state index in [9.17, 15) is 4.79 Å². The Balaban J connectivity index is 2.32.